The second-order valence-corrected chi connectivity index (χ2v) is 10.1. The van der Waals surface area contributed by atoms with E-state index in [0.29, 0.717) is 18.8 Å². The van der Waals surface area contributed by atoms with Crippen LogP contribution in [0.1, 0.15) is 30.4 Å². The van der Waals surface area contributed by atoms with Crippen LogP contribution in [-0.2, 0) is 13.1 Å². The van der Waals surface area contributed by atoms with E-state index in [1.54, 1.807) is 12.1 Å². The number of nitrogens with one attached hydrogen (secondary N) is 1. The highest BCUT2D eigenvalue weighted by atomic mass is 19.1. The fourth-order valence-corrected chi connectivity index (χ4v) is 5.34. The van der Waals surface area contributed by atoms with Crippen LogP contribution in [0.25, 0.3) is 10.8 Å². The molecule has 6 nitrogen and oxygen atoms in total. The number of phenols is 1. The van der Waals surface area contributed by atoms with Gasteiger partial charge in [0.05, 0.1) is 0 Å². The standard InChI is InChI=1S/C29H35FN4O2/c30-26-9-8-23-18-22(6-7-24(23)19-26)20-33-14-10-27(11-15-33)31-29(36)34-13-3-12-32(16-17-34)21-25-4-1-2-5-28(25)35/h1-2,4-9,18-19,27,35H,3,10-17,20-21H2,(H,31,36). The number of halogens is 1. The van der Waals surface area contributed by atoms with Crippen LogP contribution in [0.2, 0.25) is 0 Å². The van der Waals surface area contributed by atoms with E-state index in [-0.39, 0.29) is 17.9 Å². The highest BCUT2D eigenvalue weighted by Gasteiger charge is 2.25. The summed E-state index contributed by atoms with van der Waals surface area (Å²) in [4.78, 5) is 19.7. The minimum Gasteiger partial charge on any atom is -0.508 e. The van der Waals surface area contributed by atoms with Crippen molar-refractivity contribution < 1.29 is 14.3 Å². The molecule has 36 heavy (non-hydrogen) atoms. The van der Waals surface area contributed by atoms with E-state index in [1.165, 1.54) is 11.6 Å². The van der Waals surface area contributed by atoms with Gasteiger partial charge in [-0.1, -0.05) is 36.4 Å². The molecule has 2 saturated heterocycles. The molecule has 2 heterocycles. The molecular formula is C29H35FN4O2. The largest absolute Gasteiger partial charge is 0.508 e. The van der Waals surface area contributed by atoms with E-state index in [0.717, 1.165) is 74.9 Å². The van der Waals surface area contributed by atoms with Gasteiger partial charge in [-0.25, -0.2) is 9.18 Å². The number of rotatable bonds is 5. The molecule has 7 heteroatoms. The van der Waals surface area contributed by atoms with Crippen molar-refractivity contribution in [3.8, 4) is 5.75 Å². The summed E-state index contributed by atoms with van der Waals surface area (Å²) >= 11 is 0. The van der Waals surface area contributed by atoms with Crippen LogP contribution in [-0.4, -0.2) is 71.1 Å². The summed E-state index contributed by atoms with van der Waals surface area (Å²) in [5.74, 6) is 0.128. The lowest BCUT2D eigenvalue weighted by molar-refractivity contribution is 0.169. The van der Waals surface area contributed by atoms with Gasteiger partial charge in [0.2, 0.25) is 0 Å². The average Bonchev–Trinajstić information content (AvgIpc) is 3.12. The number of hydrogen-bond donors (Lipinski definition) is 2. The van der Waals surface area contributed by atoms with Crippen molar-refractivity contribution in [1.29, 1.82) is 0 Å². The van der Waals surface area contributed by atoms with Crippen molar-refractivity contribution in [3.63, 3.8) is 0 Å². The predicted octanol–water partition coefficient (Wildman–Crippen LogP) is 4.57. The quantitative estimate of drug-likeness (QED) is 0.550. The highest BCUT2D eigenvalue weighted by Crippen LogP contribution is 2.21. The molecule has 3 aromatic rings. The number of likely N-dealkylation sites (tertiary alicyclic amines) is 1. The molecule has 0 bridgehead atoms. The Hall–Kier alpha value is -3.16. The summed E-state index contributed by atoms with van der Waals surface area (Å²) in [6.45, 7) is 6.64. The molecule has 190 valence electrons. The Morgan fingerprint density at radius 1 is 0.861 bits per heavy atom. The van der Waals surface area contributed by atoms with Crippen LogP contribution >= 0.6 is 0 Å². The van der Waals surface area contributed by atoms with Gasteiger partial charge in [-0.05, 0) is 59.9 Å². The van der Waals surface area contributed by atoms with E-state index in [1.807, 2.05) is 35.2 Å². The Labute approximate surface area is 212 Å². The lowest BCUT2D eigenvalue weighted by Gasteiger charge is -2.33. The lowest BCUT2D eigenvalue weighted by Crippen LogP contribution is -2.49. The number of aromatic hydroxyl groups is 1. The van der Waals surface area contributed by atoms with Crippen molar-refractivity contribution in [2.75, 3.05) is 39.3 Å². The number of carbonyl (C=O) groups excluding carboxylic acids is 1. The fourth-order valence-electron chi connectivity index (χ4n) is 5.34. The van der Waals surface area contributed by atoms with Crippen molar-refractivity contribution in [2.24, 2.45) is 0 Å². The van der Waals surface area contributed by atoms with Gasteiger partial charge in [0.15, 0.2) is 0 Å². The van der Waals surface area contributed by atoms with Gasteiger partial charge in [0.25, 0.3) is 0 Å². The van der Waals surface area contributed by atoms with Crippen LogP contribution in [0.4, 0.5) is 9.18 Å². The minimum absolute atomic E-state index is 0.0413. The van der Waals surface area contributed by atoms with E-state index in [9.17, 15) is 14.3 Å². The second-order valence-electron chi connectivity index (χ2n) is 10.1. The van der Waals surface area contributed by atoms with E-state index < -0.39 is 0 Å². The van der Waals surface area contributed by atoms with Gasteiger partial charge >= 0.3 is 6.03 Å². The Bertz CT molecular complexity index is 1190. The molecule has 0 unspecified atom stereocenters. The topological polar surface area (TPSA) is 59.1 Å². The first-order valence-corrected chi connectivity index (χ1v) is 13.0. The highest BCUT2D eigenvalue weighted by molar-refractivity contribution is 5.83. The van der Waals surface area contributed by atoms with Crippen molar-refractivity contribution in [1.82, 2.24) is 20.0 Å². The Kier molecular flexibility index (Phi) is 7.68. The third-order valence-electron chi connectivity index (χ3n) is 7.45. The maximum atomic E-state index is 13.4. The smallest absolute Gasteiger partial charge is 0.317 e. The summed E-state index contributed by atoms with van der Waals surface area (Å²) in [6, 6.07) is 18.8. The van der Waals surface area contributed by atoms with Gasteiger partial charge in [-0.15, -0.1) is 0 Å². The molecule has 2 aliphatic heterocycles. The molecule has 5 rings (SSSR count). The van der Waals surface area contributed by atoms with Crippen molar-refractivity contribution in [3.05, 3.63) is 77.6 Å². The van der Waals surface area contributed by atoms with Gasteiger partial charge < -0.3 is 15.3 Å². The third kappa shape index (κ3) is 6.15. The number of fused-ring (bicyclic) bond motifs is 1. The molecule has 3 aromatic carbocycles. The summed E-state index contributed by atoms with van der Waals surface area (Å²) in [7, 11) is 0. The Morgan fingerprint density at radius 3 is 2.44 bits per heavy atom. The van der Waals surface area contributed by atoms with E-state index in [2.05, 4.69) is 27.2 Å². The van der Waals surface area contributed by atoms with Crippen LogP contribution in [0, 0.1) is 5.82 Å². The number of urea groups is 1. The first kappa shape index (κ1) is 24.5. The number of para-hydroxylation sites is 1. The van der Waals surface area contributed by atoms with Gasteiger partial charge in [0, 0.05) is 64.0 Å². The first-order valence-electron chi connectivity index (χ1n) is 13.0. The van der Waals surface area contributed by atoms with E-state index >= 15 is 0 Å². The molecular weight excluding hydrogens is 455 g/mol. The maximum absolute atomic E-state index is 13.4. The molecule has 2 amide bonds. The molecule has 2 aliphatic rings. The number of benzene rings is 3. The monoisotopic (exact) mass is 490 g/mol. The lowest BCUT2D eigenvalue weighted by atomic mass is 10.0. The summed E-state index contributed by atoms with van der Waals surface area (Å²) in [5.41, 5.74) is 2.16. The van der Waals surface area contributed by atoms with Crippen molar-refractivity contribution >= 4 is 16.8 Å². The van der Waals surface area contributed by atoms with Gasteiger partial charge in [-0.2, -0.15) is 0 Å². The van der Waals surface area contributed by atoms with Crippen LogP contribution in [0.5, 0.6) is 5.75 Å². The molecule has 0 atom stereocenters. The SMILES string of the molecule is O=C(NC1CCN(Cc2ccc3cc(F)ccc3c2)CC1)N1CCCN(Cc2ccccc2O)CC1. The number of amides is 2. The molecule has 0 saturated carbocycles. The molecule has 0 spiro atoms. The first-order chi connectivity index (χ1) is 17.5. The summed E-state index contributed by atoms with van der Waals surface area (Å²) < 4.78 is 13.4. The number of nitrogens with zero attached hydrogens (tertiary/aromatic N) is 3. The summed E-state index contributed by atoms with van der Waals surface area (Å²) in [5, 5.41) is 15.3. The number of piperidine rings is 1. The number of hydrogen-bond acceptors (Lipinski definition) is 4. The van der Waals surface area contributed by atoms with Gasteiger partial charge in [-0.3, -0.25) is 9.80 Å². The molecule has 0 aromatic heterocycles. The zero-order chi connectivity index (χ0) is 24.9. The van der Waals surface area contributed by atoms with Gasteiger partial charge in [0.1, 0.15) is 11.6 Å². The zero-order valence-electron chi connectivity index (χ0n) is 20.7. The minimum atomic E-state index is -0.204. The second kappa shape index (κ2) is 11.3. The third-order valence-corrected chi connectivity index (χ3v) is 7.45. The molecule has 0 aliphatic carbocycles. The average molecular weight is 491 g/mol. The predicted molar refractivity (Wildman–Crippen MR) is 140 cm³/mol. The Balaban J connectivity index is 1.07. The fraction of sp³-hybridized carbons (Fsp3) is 0.414. The molecule has 2 fully saturated rings. The zero-order valence-corrected chi connectivity index (χ0v) is 20.7. The van der Waals surface area contributed by atoms with Crippen LogP contribution in [0.3, 0.4) is 0 Å². The summed E-state index contributed by atoms with van der Waals surface area (Å²) in [6.07, 6.45) is 2.81. The number of carbonyl (C=O) groups is 1. The van der Waals surface area contributed by atoms with Crippen molar-refractivity contribution in [2.45, 2.75) is 38.4 Å². The van der Waals surface area contributed by atoms with Crippen LogP contribution < -0.4 is 5.32 Å². The molecule has 0 radical (unpaired) electrons. The molecule has 2 N–H and O–H groups in total. The Morgan fingerprint density at radius 2 is 1.61 bits per heavy atom. The van der Waals surface area contributed by atoms with E-state index in [4.69, 9.17) is 0 Å². The van der Waals surface area contributed by atoms with Crippen LogP contribution in [0.15, 0.2) is 60.7 Å². The number of phenolic OH excluding ortho intramolecular Hbond substituents is 1. The maximum Gasteiger partial charge on any atom is 0.317 e. The normalized spacial score (nSPS) is 18.3.